The molecule has 0 spiro atoms. The number of ketones is 2. The Bertz CT molecular complexity index is 1110. The maximum Gasteiger partial charge on any atom is 0.288 e. The summed E-state index contributed by atoms with van der Waals surface area (Å²) >= 11 is 1.31. The van der Waals surface area contributed by atoms with Crippen molar-refractivity contribution >= 4 is 49.8 Å². The molecule has 34 heavy (non-hydrogen) atoms. The number of amides is 2. The van der Waals surface area contributed by atoms with Crippen molar-refractivity contribution in [1.29, 1.82) is 0 Å². The van der Waals surface area contributed by atoms with E-state index in [0.29, 0.717) is 22.8 Å². The molecular formula is C22H28N4O6S2. The summed E-state index contributed by atoms with van der Waals surface area (Å²) in [5.41, 5.74) is 0.340. The lowest BCUT2D eigenvalue weighted by atomic mass is 10.0. The van der Waals surface area contributed by atoms with E-state index in [-0.39, 0.29) is 31.7 Å². The van der Waals surface area contributed by atoms with E-state index in [0.717, 1.165) is 0 Å². The summed E-state index contributed by atoms with van der Waals surface area (Å²) < 4.78 is 27.8. The highest BCUT2D eigenvalue weighted by molar-refractivity contribution is 8.06. The van der Waals surface area contributed by atoms with E-state index in [1.165, 1.54) is 23.6 Å². The van der Waals surface area contributed by atoms with Gasteiger partial charge in [-0.05, 0) is 43.2 Å². The second kappa shape index (κ2) is 11.2. The average Bonchev–Trinajstić information content (AvgIpc) is 3.24. The van der Waals surface area contributed by atoms with E-state index < -0.39 is 50.5 Å². The second-order valence-electron chi connectivity index (χ2n) is 8.55. The molecule has 3 rings (SSSR count). The van der Waals surface area contributed by atoms with Gasteiger partial charge in [-0.1, -0.05) is 19.9 Å². The SMILES string of the molecule is CC(C)CC(NC(=O)c1ccsc1)C(=O)N([C@H]1CCCNCC1=O)S(=O)(=O)C1=NC=CCC1=O. The van der Waals surface area contributed by atoms with Gasteiger partial charge in [0.1, 0.15) is 12.1 Å². The van der Waals surface area contributed by atoms with E-state index in [1.807, 2.05) is 13.8 Å². The summed E-state index contributed by atoms with van der Waals surface area (Å²) in [6, 6.07) is -0.934. The molecule has 0 saturated carbocycles. The Morgan fingerprint density at radius 3 is 2.74 bits per heavy atom. The van der Waals surface area contributed by atoms with Gasteiger partial charge in [-0.25, -0.2) is 9.30 Å². The lowest BCUT2D eigenvalue weighted by Gasteiger charge is -2.33. The minimum absolute atomic E-state index is 0.0793. The highest BCUT2D eigenvalue weighted by Crippen LogP contribution is 2.23. The normalized spacial score (nSPS) is 20.0. The number of hydrogen-bond acceptors (Lipinski definition) is 9. The van der Waals surface area contributed by atoms with Crippen molar-refractivity contribution in [2.24, 2.45) is 10.9 Å². The topological polar surface area (TPSA) is 142 Å². The average molecular weight is 509 g/mol. The summed E-state index contributed by atoms with van der Waals surface area (Å²) in [5.74, 6) is -2.81. The zero-order valence-corrected chi connectivity index (χ0v) is 20.7. The number of carbonyl (C=O) groups excluding carboxylic acids is 4. The standard InChI is InChI=1S/C22H28N4O6S2/c1-14(2)11-16(25-20(29)15-7-10-33-13-15)22(30)26(17-5-3-8-23-12-19(17)28)34(31,32)21-18(27)6-4-9-24-21/h4,7,9-10,13-14,16-17,23H,3,5-6,8,11-12H2,1-2H3,(H,25,29)/t16?,17-/m0/s1. The molecule has 2 N–H and O–H groups in total. The molecule has 1 aromatic heterocycles. The molecule has 184 valence electrons. The van der Waals surface area contributed by atoms with Crippen molar-refractivity contribution in [3.8, 4) is 0 Å². The van der Waals surface area contributed by atoms with Gasteiger partial charge in [0.15, 0.2) is 11.6 Å². The van der Waals surface area contributed by atoms with Crippen LogP contribution in [0.1, 0.15) is 49.9 Å². The van der Waals surface area contributed by atoms with Crippen LogP contribution in [-0.4, -0.2) is 66.3 Å². The Kier molecular flexibility index (Phi) is 8.50. The van der Waals surface area contributed by atoms with Gasteiger partial charge < -0.3 is 10.6 Å². The Balaban J connectivity index is 2.05. The Hall–Kier alpha value is -2.70. The van der Waals surface area contributed by atoms with Crippen LogP contribution in [0.4, 0.5) is 0 Å². The number of Topliss-reactive ketones (excluding diaryl/α,β-unsaturated/α-hetero) is 2. The summed E-state index contributed by atoms with van der Waals surface area (Å²) in [7, 11) is -4.76. The van der Waals surface area contributed by atoms with Crippen LogP contribution in [-0.2, 0) is 24.4 Å². The molecular weight excluding hydrogens is 480 g/mol. The van der Waals surface area contributed by atoms with E-state index >= 15 is 0 Å². The number of allylic oxidation sites excluding steroid dienone is 1. The first kappa shape index (κ1) is 25.9. The molecule has 10 nitrogen and oxygen atoms in total. The Morgan fingerprint density at radius 2 is 2.09 bits per heavy atom. The number of thiophene rings is 1. The van der Waals surface area contributed by atoms with Gasteiger partial charge >= 0.3 is 0 Å². The van der Waals surface area contributed by atoms with Gasteiger partial charge in [-0.2, -0.15) is 19.8 Å². The molecule has 0 aromatic carbocycles. The van der Waals surface area contributed by atoms with E-state index in [9.17, 15) is 27.6 Å². The molecule has 1 fully saturated rings. The summed E-state index contributed by atoms with van der Waals surface area (Å²) in [5, 5.41) is 8.09. The second-order valence-corrected chi connectivity index (χ2v) is 11.1. The van der Waals surface area contributed by atoms with E-state index in [4.69, 9.17) is 0 Å². The summed E-state index contributed by atoms with van der Waals surface area (Å²) in [6.07, 6.45) is 3.12. The fourth-order valence-corrected chi connectivity index (χ4v) is 6.13. The molecule has 3 heterocycles. The molecule has 1 saturated heterocycles. The third-order valence-corrected chi connectivity index (χ3v) is 7.90. The molecule has 1 aromatic rings. The highest BCUT2D eigenvalue weighted by Gasteiger charge is 2.46. The van der Waals surface area contributed by atoms with Crippen LogP contribution in [0, 0.1) is 5.92 Å². The van der Waals surface area contributed by atoms with Crippen molar-refractivity contribution in [3.63, 3.8) is 0 Å². The minimum atomic E-state index is -4.76. The van der Waals surface area contributed by atoms with Crippen LogP contribution in [0.2, 0.25) is 0 Å². The number of carbonyl (C=O) groups is 4. The molecule has 0 aliphatic carbocycles. The van der Waals surface area contributed by atoms with Crippen molar-refractivity contribution in [3.05, 3.63) is 34.7 Å². The highest BCUT2D eigenvalue weighted by atomic mass is 32.2. The van der Waals surface area contributed by atoms with Crippen LogP contribution in [0.15, 0.2) is 34.1 Å². The Morgan fingerprint density at radius 1 is 1.32 bits per heavy atom. The maximum atomic E-state index is 13.8. The first-order valence-electron chi connectivity index (χ1n) is 11.0. The largest absolute Gasteiger partial charge is 0.340 e. The molecule has 2 aliphatic rings. The van der Waals surface area contributed by atoms with Gasteiger partial charge in [0.25, 0.3) is 21.8 Å². The molecule has 2 aliphatic heterocycles. The number of nitrogens with one attached hydrogen (secondary N) is 2. The molecule has 12 heteroatoms. The van der Waals surface area contributed by atoms with E-state index in [1.54, 1.807) is 16.8 Å². The first-order valence-corrected chi connectivity index (χ1v) is 13.4. The molecule has 0 radical (unpaired) electrons. The fourth-order valence-electron chi connectivity index (χ4n) is 3.82. The predicted octanol–water partition coefficient (Wildman–Crippen LogP) is 1.26. The third kappa shape index (κ3) is 5.86. The fraction of sp³-hybridized carbons (Fsp3) is 0.500. The van der Waals surface area contributed by atoms with Crippen molar-refractivity contribution in [2.45, 2.75) is 51.6 Å². The van der Waals surface area contributed by atoms with Gasteiger partial charge in [0, 0.05) is 18.0 Å². The molecule has 2 atom stereocenters. The van der Waals surface area contributed by atoms with E-state index in [2.05, 4.69) is 15.6 Å². The lowest BCUT2D eigenvalue weighted by molar-refractivity contribution is -0.135. The third-order valence-electron chi connectivity index (χ3n) is 5.44. The van der Waals surface area contributed by atoms with Gasteiger partial charge in [-0.3, -0.25) is 19.2 Å². The monoisotopic (exact) mass is 508 g/mol. The van der Waals surface area contributed by atoms with Gasteiger partial charge in [0.05, 0.1) is 12.1 Å². The van der Waals surface area contributed by atoms with Crippen molar-refractivity contribution in [2.75, 3.05) is 13.1 Å². The minimum Gasteiger partial charge on any atom is -0.340 e. The van der Waals surface area contributed by atoms with Gasteiger partial charge in [0.2, 0.25) is 5.04 Å². The van der Waals surface area contributed by atoms with Gasteiger partial charge in [-0.15, -0.1) is 0 Å². The van der Waals surface area contributed by atoms with Crippen LogP contribution in [0.3, 0.4) is 0 Å². The van der Waals surface area contributed by atoms with Crippen LogP contribution < -0.4 is 10.6 Å². The predicted molar refractivity (Wildman–Crippen MR) is 128 cm³/mol. The summed E-state index contributed by atoms with van der Waals surface area (Å²) in [4.78, 5) is 55.6. The van der Waals surface area contributed by atoms with Crippen molar-refractivity contribution < 1.29 is 27.6 Å². The van der Waals surface area contributed by atoms with Crippen LogP contribution in [0.25, 0.3) is 0 Å². The first-order chi connectivity index (χ1) is 16.1. The summed E-state index contributed by atoms with van der Waals surface area (Å²) in [6.45, 7) is 4.03. The molecule has 0 bridgehead atoms. The quantitative estimate of drug-likeness (QED) is 0.589. The number of nitrogens with zero attached hydrogens (tertiary/aromatic N) is 2. The zero-order valence-electron chi connectivity index (χ0n) is 19.0. The number of rotatable bonds is 6. The van der Waals surface area contributed by atoms with Crippen molar-refractivity contribution in [1.82, 2.24) is 14.9 Å². The number of hydrogen-bond donors (Lipinski definition) is 2. The van der Waals surface area contributed by atoms with Crippen LogP contribution >= 0.6 is 11.3 Å². The van der Waals surface area contributed by atoms with Crippen LogP contribution in [0.5, 0.6) is 0 Å². The zero-order chi connectivity index (χ0) is 24.9. The molecule has 1 unspecified atom stereocenters. The lowest BCUT2D eigenvalue weighted by Crippen LogP contribution is -2.58. The number of aliphatic imine (C=N–C) groups is 1. The Labute approximate surface area is 202 Å². The smallest absolute Gasteiger partial charge is 0.288 e. The molecule has 2 amide bonds. The number of sulfonamides is 1. The maximum absolute atomic E-state index is 13.8.